The van der Waals surface area contributed by atoms with Crippen molar-refractivity contribution in [2.45, 2.75) is 52.0 Å². The molecule has 0 spiro atoms. The van der Waals surface area contributed by atoms with E-state index in [1.54, 1.807) is 12.1 Å². The lowest BCUT2D eigenvalue weighted by Gasteiger charge is -2.16. The summed E-state index contributed by atoms with van der Waals surface area (Å²) in [4.78, 5) is 25.0. The Kier molecular flexibility index (Phi) is 4.85. The minimum Gasteiger partial charge on any atom is -0.356 e. The SMILES string of the molecule is Cc1c(CC(=O)NCC2CC2)c2c(n1Cc1ccccc1F)CCCC2=O. The maximum atomic E-state index is 14.2. The monoisotopic (exact) mass is 368 g/mol. The molecular weight excluding hydrogens is 343 g/mol. The quantitative estimate of drug-likeness (QED) is 0.847. The molecule has 1 aromatic carbocycles. The fourth-order valence-electron chi connectivity index (χ4n) is 4.02. The molecule has 0 unspecified atom stereocenters. The molecule has 1 N–H and O–H groups in total. The number of hydrogen-bond acceptors (Lipinski definition) is 2. The Balaban J connectivity index is 1.66. The second-order valence-corrected chi connectivity index (χ2v) is 7.76. The van der Waals surface area contributed by atoms with Gasteiger partial charge in [-0.05, 0) is 50.2 Å². The first-order valence-corrected chi connectivity index (χ1v) is 9.78. The fraction of sp³-hybridized carbons (Fsp3) is 0.455. The van der Waals surface area contributed by atoms with E-state index in [0.717, 1.165) is 36.3 Å². The van der Waals surface area contributed by atoms with Gasteiger partial charge in [0.05, 0.1) is 13.0 Å². The van der Waals surface area contributed by atoms with Crippen molar-refractivity contribution in [1.82, 2.24) is 9.88 Å². The summed E-state index contributed by atoms with van der Waals surface area (Å²) in [6.45, 7) is 3.05. The molecule has 1 heterocycles. The van der Waals surface area contributed by atoms with Crippen molar-refractivity contribution in [2.75, 3.05) is 6.54 Å². The molecule has 1 aromatic heterocycles. The van der Waals surface area contributed by atoms with Crippen LogP contribution in [0.1, 0.15) is 58.6 Å². The first-order chi connectivity index (χ1) is 13.0. The number of nitrogens with one attached hydrogen (secondary N) is 1. The zero-order valence-corrected chi connectivity index (χ0v) is 15.7. The van der Waals surface area contributed by atoms with Crippen LogP contribution in [0.3, 0.4) is 0 Å². The van der Waals surface area contributed by atoms with Crippen molar-refractivity contribution in [3.8, 4) is 0 Å². The summed E-state index contributed by atoms with van der Waals surface area (Å²) in [5, 5.41) is 2.99. The van der Waals surface area contributed by atoms with Gasteiger partial charge in [-0.2, -0.15) is 0 Å². The molecule has 0 aliphatic heterocycles. The highest BCUT2D eigenvalue weighted by Gasteiger charge is 2.29. The van der Waals surface area contributed by atoms with Gasteiger partial charge in [0.2, 0.25) is 5.91 Å². The van der Waals surface area contributed by atoms with E-state index in [9.17, 15) is 14.0 Å². The summed E-state index contributed by atoms with van der Waals surface area (Å²) >= 11 is 0. The molecule has 1 amide bonds. The van der Waals surface area contributed by atoms with E-state index in [1.807, 2.05) is 17.6 Å². The molecule has 2 aliphatic rings. The van der Waals surface area contributed by atoms with Gasteiger partial charge in [-0.25, -0.2) is 4.39 Å². The Morgan fingerprint density at radius 2 is 2.04 bits per heavy atom. The zero-order chi connectivity index (χ0) is 19.0. The van der Waals surface area contributed by atoms with Crippen molar-refractivity contribution in [3.63, 3.8) is 0 Å². The van der Waals surface area contributed by atoms with Crippen LogP contribution in [0.5, 0.6) is 0 Å². The number of hydrogen-bond donors (Lipinski definition) is 1. The van der Waals surface area contributed by atoms with Gasteiger partial charge in [-0.15, -0.1) is 0 Å². The van der Waals surface area contributed by atoms with Crippen LogP contribution < -0.4 is 5.32 Å². The number of carbonyl (C=O) groups excluding carboxylic acids is 2. The molecule has 5 heteroatoms. The Labute approximate surface area is 158 Å². The second kappa shape index (κ2) is 7.29. The van der Waals surface area contributed by atoms with Crippen molar-refractivity contribution in [1.29, 1.82) is 0 Å². The highest BCUT2D eigenvalue weighted by molar-refractivity contribution is 6.01. The van der Waals surface area contributed by atoms with Crippen LogP contribution in [-0.2, 0) is 24.2 Å². The maximum absolute atomic E-state index is 14.2. The maximum Gasteiger partial charge on any atom is 0.224 e. The van der Waals surface area contributed by atoms with Gasteiger partial charge in [0, 0.05) is 35.5 Å². The van der Waals surface area contributed by atoms with Crippen molar-refractivity contribution >= 4 is 11.7 Å². The minimum atomic E-state index is -0.245. The molecule has 142 valence electrons. The van der Waals surface area contributed by atoms with E-state index in [4.69, 9.17) is 0 Å². The fourth-order valence-corrected chi connectivity index (χ4v) is 4.02. The molecule has 2 aromatic rings. The number of halogens is 1. The largest absolute Gasteiger partial charge is 0.356 e. The standard InChI is InChI=1S/C22H25FN2O2/c1-14-17(11-21(27)24-12-15-9-10-15)22-19(7-4-8-20(22)26)25(14)13-16-5-2-3-6-18(16)23/h2-3,5-6,15H,4,7-13H2,1H3,(H,24,27). The van der Waals surface area contributed by atoms with Crippen LogP contribution in [0.25, 0.3) is 0 Å². The third kappa shape index (κ3) is 3.68. The number of carbonyl (C=O) groups is 2. The number of aromatic nitrogens is 1. The predicted molar refractivity (Wildman–Crippen MR) is 101 cm³/mol. The number of amides is 1. The molecule has 4 nitrogen and oxygen atoms in total. The summed E-state index contributed by atoms with van der Waals surface area (Å²) in [5.74, 6) is 0.451. The van der Waals surface area contributed by atoms with Crippen LogP contribution in [0, 0.1) is 18.7 Å². The van der Waals surface area contributed by atoms with E-state index >= 15 is 0 Å². The Bertz CT molecular complexity index is 896. The van der Waals surface area contributed by atoms with Crippen LogP contribution >= 0.6 is 0 Å². The molecule has 0 saturated heterocycles. The molecule has 0 atom stereocenters. The lowest BCUT2D eigenvalue weighted by Crippen LogP contribution is -2.28. The van der Waals surface area contributed by atoms with Gasteiger partial charge in [0.25, 0.3) is 0 Å². The first-order valence-electron chi connectivity index (χ1n) is 9.78. The third-order valence-electron chi connectivity index (χ3n) is 5.76. The van der Waals surface area contributed by atoms with Crippen molar-refractivity contribution in [2.24, 2.45) is 5.92 Å². The molecule has 27 heavy (non-hydrogen) atoms. The van der Waals surface area contributed by atoms with Gasteiger partial charge >= 0.3 is 0 Å². The average molecular weight is 368 g/mol. The van der Waals surface area contributed by atoms with Crippen molar-refractivity contribution < 1.29 is 14.0 Å². The first kappa shape index (κ1) is 18.0. The molecule has 1 saturated carbocycles. The number of fused-ring (bicyclic) bond motifs is 1. The lowest BCUT2D eigenvalue weighted by molar-refractivity contribution is -0.120. The molecule has 4 rings (SSSR count). The molecule has 1 fully saturated rings. The van der Waals surface area contributed by atoms with Gasteiger partial charge in [-0.1, -0.05) is 18.2 Å². The Hall–Kier alpha value is -2.43. The number of Topliss-reactive ketones (excluding diaryl/α,β-unsaturated/α-hetero) is 1. The number of rotatable bonds is 6. The van der Waals surface area contributed by atoms with E-state index < -0.39 is 0 Å². The Morgan fingerprint density at radius 3 is 2.78 bits per heavy atom. The summed E-state index contributed by atoms with van der Waals surface area (Å²) in [6.07, 6.45) is 4.71. The summed E-state index contributed by atoms with van der Waals surface area (Å²) in [5.41, 5.74) is 3.98. The molecule has 0 bridgehead atoms. The van der Waals surface area contributed by atoms with Gasteiger partial charge in [-0.3, -0.25) is 9.59 Å². The lowest BCUT2D eigenvalue weighted by atomic mass is 9.92. The number of nitrogens with zero attached hydrogens (tertiary/aromatic N) is 1. The van der Waals surface area contributed by atoms with E-state index in [2.05, 4.69) is 5.32 Å². The summed E-state index contributed by atoms with van der Waals surface area (Å²) in [6, 6.07) is 6.73. The van der Waals surface area contributed by atoms with E-state index in [0.29, 0.717) is 30.0 Å². The van der Waals surface area contributed by atoms with E-state index in [1.165, 1.54) is 18.9 Å². The van der Waals surface area contributed by atoms with Crippen molar-refractivity contribution in [3.05, 3.63) is 58.2 Å². The van der Waals surface area contributed by atoms with Crippen LogP contribution in [-0.4, -0.2) is 22.8 Å². The molecule has 2 aliphatic carbocycles. The van der Waals surface area contributed by atoms with Crippen LogP contribution in [0.15, 0.2) is 24.3 Å². The van der Waals surface area contributed by atoms with Gasteiger partial charge in [0.15, 0.2) is 5.78 Å². The predicted octanol–water partition coefficient (Wildman–Crippen LogP) is 3.57. The molecule has 0 radical (unpaired) electrons. The summed E-state index contributed by atoms with van der Waals surface area (Å²) < 4.78 is 16.2. The van der Waals surface area contributed by atoms with Gasteiger partial charge in [0.1, 0.15) is 5.82 Å². The minimum absolute atomic E-state index is 0.0331. The number of ketones is 1. The second-order valence-electron chi connectivity index (χ2n) is 7.76. The van der Waals surface area contributed by atoms with E-state index in [-0.39, 0.29) is 23.9 Å². The van der Waals surface area contributed by atoms with Gasteiger partial charge < -0.3 is 9.88 Å². The topological polar surface area (TPSA) is 51.1 Å². The highest BCUT2D eigenvalue weighted by Crippen LogP contribution is 2.32. The normalized spacial score (nSPS) is 16.3. The third-order valence-corrected chi connectivity index (χ3v) is 5.76. The zero-order valence-electron chi connectivity index (χ0n) is 15.7. The highest BCUT2D eigenvalue weighted by atomic mass is 19.1. The average Bonchev–Trinajstić information content (AvgIpc) is 3.44. The van der Waals surface area contributed by atoms with Crippen LogP contribution in [0.4, 0.5) is 4.39 Å². The van der Waals surface area contributed by atoms with Crippen LogP contribution in [0.2, 0.25) is 0 Å². The number of benzene rings is 1. The Morgan fingerprint density at radius 1 is 1.26 bits per heavy atom. The smallest absolute Gasteiger partial charge is 0.224 e. The summed E-state index contributed by atoms with van der Waals surface area (Å²) in [7, 11) is 0. The molecular formula is C22H25FN2O2.